The van der Waals surface area contributed by atoms with Gasteiger partial charge in [0.25, 0.3) is 0 Å². The van der Waals surface area contributed by atoms with E-state index in [2.05, 4.69) is 43.3 Å². The van der Waals surface area contributed by atoms with Gasteiger partial charge in [-0.05, 0) is 31.0 Å². The molecule has 0 fully saturated rings. The molecular weight excluding hydrogens is 529 g/mol. The number of hydroxylamine groups is 2. The van der Waals surface area contributed by atoms with Gasteiger partial charge in [0.1, 0.15) is 0 Å². The predicted octanol–water partition coefficient (Wildman–Crippen LogP) is 4.28. The summed E-state index contributed by atoms with van der Waals surface area (Å²) in [4.78, 5) is 13.9. The second-order valence-corrected chi connectivity index (χ2v) is 7.97. The summed E-state index contributed by atoms with van der Waals surface area (Å²) >= 11 is 17.8. The fourth-order valence-corrected chi connectivity index (χ4v) is 2.70. The summed E-state index contributed by atoms with van der Waals surface area (Å²) in [6.07, 6.45) is 8.93. The fraction of sp³-hybridized carbons (Fsp3) is 0.318. The van der Waals surface area contributed by atoms with Crippen molar-refractivity contribution in [2.75, 3.05) is 13.2 Å². The summed E-state index contributed by atoms with van der Waals surface area (Å²) in [7, 11) is 0. The van der Waals surface area contributed by atoms with Crippen LogP contribution in [0.2, 0.25) is 15.1 Å². The molecule has 1 aromatic carbocycles. The van der Waals surface area contributed by atoms with E-state index in [0.717, 1.165) is 19.3 Å². The first kappa shape index (κ1) is 31.1. The molecule has 0 aliphatic carbocycles. The van der Waals surface area contributed by atoms with Crippen molar-refractivity contribution in [1.82, 2.24) is 15.9 Å². The van der Waals surface area contributed by atoms with Gasteiger partial charge in [0.2, 0.25) is 11.9 Å². The van der Waals surface area contributed by atoms with Gasteiger partial charge in [-0.15, -0.1) is 10.2 Å². The Balaban J connectivity index is 0.000000362. The van der Waals surface area contributed by atoms with Crippen molar-refractivity contribution in [3.8, 4) is 0 Å². The average Bonchev–Trinajstić information content (AvgIpc) is 2.85. The number of pyridine rings is 1. The number of guanidine groups is 2. The van der Waals surface area contributed by atoms with Crippen molar-refractivity contribution in [3.05, 3.63) is 62.9 Å². The van der Waals surface area contributed by atoms with E-state index in [1.165, 1.54) is 18.6 Å². The lowest BCUT2D eigenvalue weighted by Crippen LogP contribution is -2.31. The molecule has 0 spiro atoms. The molecule has 0 bridgehead atoms. The van der Waals surface area contributed by atoms with Crippen LogP contribution in [0.4, 0.5) is 0 Å². The van der Waals surface area contributed by atoms with E-state index in [1.807, 2.05) is 6.92 Å². The predicted molar refractivity (Wildman–Crippen MR) is 148 cm³/mol. The molecule has 1 aromatic heterocycles. The number of aromatic nitrogens is 1. The number of hydrogen-bond donors (Lipinski definition) is 4. The van der Waals surface area contributed by atoms with E-state index >= 15 is 0 Å². The molecule has 14 heteroatoms. The van der Waals surface area contributed by atoms with Crippen molar-refractivity contribution in [2.45, 2.75) is 33.1 Å². The summed E-state index contributed by atoms with van der Waals surface area (Å²) in [5.74, 6) is 0.149. The van der Waals surface area contributed by atoms with E-state index in [1.54, 1.807) is 30.5 Å². The monoisotopic (exact) mass is 557 g/mol. The Morgan fingerprint density at radius 3 is 2.08 bits per heavy atom. The molecule has 36 heavy (non-hydrogen) atoms. The van der Waals surface area contributed by atoms with Crippen LogP contribution in [0.15, 0.2) is 57.1 Å². The van der Waals surface area contributed by atoms with Crippen LogP contribution in [-0.2, 0) is 9.68 Å². The molecule has 0 saturated heterocycles. The quantitative estimate of drug-likeness (QED) is 0.139. The van der Waals surface area contributed by atoms with Crippen molar-refractivity contribution in [2.24, 2.45) is 31.9 Å². The summed E-state index contributed by atoms with van der Waals surface area (Å²) in [6.45, 7) is 5.17. The van der Waals surface area contributed by atoms with E-state index in [0.29, 0.717) is 39.4 Å². The minimum absolute atomic E-state index is 0.0653. The SMILES string of the molecule is CCCCONC(N)=N/N=C/c1c(Cl)cccc1Cl.CCCONC(N)=N/N=C/c1ccncc1Cl. The largest absolute Gasteiger partial charge is 0.367 e. The molecule has 0 amide bonds. The number of halogens is 3. The third-order valence-electron chi connectivity index (χ3n) is 3.78. The van der Waals surface area contributed by atoms with E-state index in [-0.39, 0.29) is 11.9 Å². The van der Waals surface area contributed by atoms with Crippen LogP contribution < -0.4 is 22.4 Å². The van der Waals surface area contributed by atoms with Crippen LogP contribution in [0, 0.1) is 0 Å². The zero-order valence-corrected chi connectivity index (χ0v) is 22.3. The molecule has 0 aliphatic rings. The van der Waals surface area contributed by atoms with Gasteiger partial charge in [-0.25, -0.2) is 11.0 Å². The standard InChI is InChI=1S/C12H16Cl2N4O.C10H14ClN5O/c1-2-3-7-19-18-12(15)17-16-8-9-10(13)5-4-6-11(9)14;1-2-5-17-16-10(12)15-14-6-8-3-4-13-7-9(8)11/h4-6,8H,2-3,7H2,1H3,(H3,15,17,18);3-4,6-7H,2,5H2,1H3,(H3,12,15,16)/b16-8+;14-6+. The molecule has 2 aromatic rings. The van der Waals surface area contributed by atoms with Crippen molar-refractivity contribution in [1.29, 1.82) is 0 Å². The number of hydrogen-bond acceptors (Lipinski definition) is 7. The minimum atomic E-state index is 0.0653. The molecule has 11 nitrogen and oxygen atoms in total. The Labute approximate surface area is 225 Å². The zero-order chi connectivity index (χ0) is 26.6. The molecule has 0 radical (unpaired) electrons. The van der Waals surface area contributed by atoms with Gasteiger partial charge < -0.3 is 11.5 Å². The molecule has 6 N–H and O–H groups in total. The summed E-state index contributed by atoms with van der Waals surface area (Å²) in [5, 5.41) is 16.4. The van der Waals surface area contributed by atoms with E-state index in [4.69, 9.17) is 55.9 Å². The second-order valence-electron chi connectivity index (χ2n) is 6.75. The van der Waals surface area contributed by atoms with Crippen LogP contribution >= 0.6 is 34.8 Å². The fourth-order valence-electron chi connectivity index (χ4n) is 2.04. The van der Waals surface area contributed by atoms with Gasteiger partial charge in [-0.2, -0.15) is 10.2 Å². The molecular formula is C22H30Cl3N9O2. The first-order chi connectivity index (χ1) is 17.4. The Morgan fingerprint density at radius 2 is 1.50 bits per heavy atom. The molecule has 196 valence electrons. The maximum atomic E-state index is 5.97. The lowest BCUT2D eigenvalue weighted by Gasteiger charge is -2.03. The number of benzene rings is 1. The van der Waals surface area contributed by atoms with Gasteiger partial charge in [0, 0.05) is 23.5 Å². The van der Waals surface area contributed by atoms with Crippen molar-refractivity contribution >= 4 is 59.2 Å². The molecule has 0 aliphatic heterocycles. The average molecular weight is 559 g/mol. The third-order valence-corrected chi connectivity index (χ3v) is 4.75. The van der Waals surface area contributed by atoms with Gasteiger partial charge in [-0.3, -0.25) is 14.7 Å². The lowest BCUT2D eigenvalue weighted by atomic mass is 10.2. The number of nitrogens with two attached hydrogens (primary N) is 2. The highest BCUT2D eigenvalue weighted by molar-refractivity contribution is 6.38. The zero-order valence-electron chi connectivity index (χ0n) is 20.0. The maximum Gasteiger partial charge on any atom is 0.237 e. The summed E-state index contributed by atoms with van der Waals surface area (Å²) in [6, 6.07) is 6.91. The van der Waals surface area contributed by atoms with Crippen LogP contribution in [-0.4, -0.2) is 42.5 Å². The Hall–Kier alpha value is -2.96. The first-order valence-electron chi connectivity index (χ1n) is 10.9. The van der Waals surface area contributed by atoms with E-state index in [9.17, 15) is 0 Å². The van der Waals surface area contributed by atoms with Crippen molar-refractivity contribution in [3.63, 3.8) is 0 Å². The second kappa shape index (κ2) is 19.3. The number of nitrogens with one attached hydrogen (secondary N) is 2. The lowest BCUT2D eigenvalue weighted by molar-refractivity contribution is 0.0816. The topological polar surface area (TPSA) is 157 Å². The minimum Gasteiger partial charge on any atom is -0.367 e. The van der Waals surface area contributed by atoms with Crippen LogP contribution in [0.25, 0.3) is 0 Å². The number of unbranched alkanes of at least 4 members (excludes halogenated alkanes) is 1. The highest BCUT2D eigenvalue weighted by Gasteiger charge is 2.01. The summed E-state index contributed by atoms with van der Waals surface area (Å²) < 4.78 is 0. The maximum absolute atomic E-state index is 5.97. The van der Waals surface area contributed by atoms with Crippen LogP contribution in [0.5, 0.6) is 0 Å². The van der Waals surface area contributed by atoms with Crippen molar-refractivity contribution < 1.29 is 9.68 Å². The molecule has 0 unspecified atom stereocenters. The highest BCUT2D eigenvalue weighted by Crippen LogP contribution is 2.22. The normalized spacial score (nSPS) is 12.0. The third kappa shape index (κ3) is 13.8. The molecule has 1 heterocycles. The Bertz CT molecular complexity index is 1010. The van der Waals surface area contributed by atoms with Crippen LogP contribution in [0.1, 0.15) is 44.2 Å². The number of rotatable bonds is 11. The first-order valence-corrected chi connectivity index (χ1v) is 12.0. The number of nitrogens with zero attached hydrogens (tertiary/aromatic N) is 5. The van der Waals surface area contributed by atoms with Gasteiger partial charge in [0.15, 0.2) is 0 Å². The Morgan fingerprint density at radius 1 is 0.889 bits per heavy atom. The van der Waals surface area contributed by atoms with Gasteiger partial charge in [0.05, 0.1) is 40.7 Å². The molecule has 0 saturated carbocycles. The smallest absolute Gasteiger partial charge is 0.237 e. The molecule has 0 atom stereocenters. The van der Waals surface area contributed by atoms with Crippen LogP contribution in [0.3, 0.4) is 0 Å². The molecule has 2 rings (SSSR count). The van der Waals surface area contributed by atoms with Gasteiger partial charge in [-0.1, -0.05) is 61.1 Å². The van der Waals surface area contributed by atoms with Gasteiger partial charge >= 0.3 is 0 Å². The summed E-state index contributed by atoms with van der Waals surface area (Å²) in [5.41, 5.74) is 17.2. The highest BCUT2D eigenvalue weighted by atomic mass is 35.5. The Kier molecular flexibility index (Phi) is 16.6. The van der Waals surface area contributed by atoms with E-state index < -0.39 is 0 Å².